The molecule has 0 saturated carbocycles. The molecule has 1 heterocycles. The number of cyclic esters (lactones) is 1. The Labute approximate surface area is 113 Å². The fraction of sp³-hybridized carbons (Fsp3) is 0.636. The van der Waals surface area contributed by atoms with Crippen LogP contribution in [0.15, 0.2) is 0 Å². The fourth-order valence-corrected chi connectivity index (χ4v) is 1.81. The summed E-state index contributed by atoms with van der Waals surface area (Å²) in [6.07, 6.45) is -1.04. The van der Waals surface area contributed by atoms with Crippen LogP contribution in [0, 0.1) is 0 Å². The largest absolute Gasteiger partial charge is 0.466 e. The summed E-state index contributed by atoms with van der Waals surface area (Å²) in [4.78, 5) is 46.5. The molecule has 0 aromatic carbocycles. The minimum atomic E-state index is -2.57. The monoisotopic (exact) mass is 290 g/mol. The predicted molar refractivity (Wildman–Crippen MR) is 59.1 cm³/mol. The van der Waals surface area contributed by atoms with Gasteiger partial charge in [0.2, 0.25) is 0 Å². The lowest BCUT2D eigenvalue weighted by Gasteiger charge is -2.37. The highest BCUT2D eigenvalue weighted by atomic mass is 16.6. The summed E-state index contributed by atoms with van der Waals surface area (Å²) in [5.74, 6) is -5.05. The van der Waals surface area contributed by atoms with Gasteiger partial charge in [0.05, 0.1) is 21.3 Å². The SMILES string of the molecule is COC(=O)C1(O)CCC(C(=O)OC)(C(=O)OC)OC1=O. The minimum Gasteiger partial charge on any atom is -0.466 e. The van der Waals surface area contributed by atoms with Crippen LogP contribution in [0.1, 0.15) is 12.8 Å². The molecule has 0 aromatic heterocycles. The second-order valence-corrected chi connectivity index (χ2v) is 4.05. The summed E-state index contributed by atoms with van der Waals surface area (Å²) in [5, 5.41) is 9.90. The van der Waals surface area contributed by atoms with Crippen molar-refractivity contribution in [3.05, 3.63) is 0 Å². The molecule has 1 aliphatic heterocycles. The van der Waals surface area contributed by atoms with Gasteiger partial charge in [0, 0.05) is 12.8 Å². The first-order valence-electron chi connectivity index (χ1n) is 5.49. The third-order valence-electron chi connectivity index (χ3n) is 3.00. The molecule has 9 nitrogen and oxygen atoms in total. The highest BCUT2D eigenvalue weighted by Gasteiger charge is 2.63. The van der Waals surface area contributed by atoms with Crippen LogP contribution >= 0.6 is 0 Å². The molecule has 9 heteroatoms. The first-order valence-corrected chi connectivity index (χ1v) is 5.49. The number of hydrogen-bond acceptors (Lipinski definition) is 9. The van der Waals surface area contributed by atoms with Crippen molar-refractivity contribution in [3.8, 4) is 0 Å². The second kappa shape index (κ2) is 5.45. The molecule has 0 amide bonds. The number of ether oxygens (including phenoxy) is 4. The van der Waals surface area contributed by atoms with E-state index in [-0.39, 0.29) is 0 Å². The summed E-state index contributed by atoms with van der Waals surface area (Å²) in [5.41, 5.74) is -4.90. The molecule has 20 heavy (non-hydrogen) atoms. The van der Waals surface area contributed by atoms with Crippen LogP contribution in [-0.4, -0.2) is 61.5 Å². The molecule has 1 saturated heterocycles. The van der Waals surface area contributed by atoms with Gasteiger partial charge in [-0.3, -0.25) is 0 Å². The number of carbonyl (C=O) groups excluding carboxylic acids is 4. The van der Waals surface area contributed by atoms with Crippen molar-refractivity contribution in [1.82, 2.24) is 0 Å². The van der Waals surface area contributed by atoms with Crippen LogP contribution in [0.3, 0.4) is 0 Å². The molecule has 0 radical (unpaired) electrons. The number of aliphatic hydroxyl groups is 1. The van der Waals surface area contributed by atoms with Gasteiger partial charge < -0.3 is 24.1 Å². The molecule has 0 spiro atoms. The van der Waals surface area contributed by atoms with Gasteiger partial charge in [-0.25, -0.2) is 19.2 Å². The molecule has 0 aromatic rings. The van der Waals surface area contributed by atoms with E-state index in [0.29, 0.717) is 0 Å². The molecular formula is C11H14O9. The first-order chi connectivity index (χ1) is 9.28. The third kappa shape index (κ3) is 2.20. The van der Waals surface area contributed by atoms with Gasteiger partial charge in [-0.1, -0.05) is 0 Å². The van der Waals surface area contributed by atoms with E-state index in [1.165, 1.54) is 0 Å². The Morgan fingerprint density at radius 1 is 1.00 bits per heavy atom. The van der Waals surface area contributed by atoms with Crippen molar-refractivity contribution in [2.45, 2.75) is 24.0 Å². The molecular weight excluding hydrogens is 276 g/mol. The number of rotatable bonds is 3. The van der Waals surface area contributed by atoms with Gasteiger partial charge in [-0.15, -0.1) is 0 Å². The van der Waals surface area contributed by atoms with E-state index in [0.717, 1.165) is 21.3 Å². The lowest BCUT2D eigenvalue weighted by Crippen LogP contribution is -2.62. The highest BCUT2D eigenvalue weighted by Crippen LogP contribution is 2.34. The Morgan fingerprint density at radius 2 is 1.45 bits per heavy atom. The van der Waals surface area contributed by atoms with Crippen LogP contribution in [0.25, 0.3) is 0 Å². The maximum Gasteiger partial charge on any atom is 0.362 e. The van der Waals surface area contributed by atoms with Crippen LogP contribution in [0.4, 0.5) is 0 Å². The molecule has 1 fully saturated rings. The van der Waals surface area contributed by atoms with Crippen molar-refractivity contribution >= 4 is 23.9 Å². The molecule has 1 unspecified atom stereocenters. The number of methoxy groups -OCH3 is 3. The van der Waals surface area contributed by atoms with E-state index in [2.05, 4.69) is 18.9 Å². The first kappa shape index (κ1) is 15.9. The van der Waals surface area contributed by atoms with Crippen LogP contribution in [-0.2, 0) is 38.1 Å². The number of hydrogen-bond donors (Lipinski definition) is 1. The zero-order valence-electron chi connectivity index (χ0n) is 11.1. The topological polar surface area (TPSA) is 125 Å². The van der Waals surface area contributed by atoms with E-state index >= 15 is 0 Å². The molecule has 0 bridgehead atoms. The van der Waals surface area contributed by atoms with Crippen molar-refractivity contribution < 1.29 is 43.2 Å². The van der Waals surface area contributed by atoms with Crippen molar-refractivity contribution in [1.29, 1.82) is 0 Å². The van der Waals surface area contributed by atoms with E-state index in [1.807, 2.05) is 0 Å². The summed E-state index contributed by atoms with van der Waals surface area (Å²) < 4.78 is 17.8. The average molecular weight is 290 g/mol. The summed E-state index contributed by atoms with van der Waals surface area (Å²) >= 11 is 0. The van der Waals surface area contributed by atoms with Gasteiger partial charge in [-0.2, -0.15) is 0 Å². The van der Waals surface area contributed by atoms with Gasteiger partial charge in [0.25, 0.3) is 5.60 Å². The van der Waals surface area contributed by atoms with Gasteiger partial charge >= 0.3 is 29.5 Å². The van der Waals surface area contributed by atoms with Crippen LogP contribution in [0.5, 0.6) is 0 Å². The average Bonchev–Trinajstić information content (AvgIpc) is 2.47. The number of esters is 4. The van der Waals surface area contributed by atoms with E-state index in [4.69, 9.17) is 0 Å². The fourth-order valence-electron chi connectivity index (χ4n) is 1.81. The van der Waals surface area contributed by atoms with Crippen molar-refractivity contribution in [2.24, 2.45) is 0 Å². The molecule has 0 aliphatic carbocycles. The Hall–Kier alpha value is -2.16. The Bertz CT molecular complexity index is 439. The van der Waals surface area contributed by atoms with Gasteiger partial charge in [0.1, 0.15) is 0 Å². The van der Waals surface area contributed by atoms with E-state index < -0.39 is 47.9 Å². The normalized spacial score (nSPS) is 24.3. The van der Waals surface area contributed by atoms with Gasteiger partial charge in [-0.05, 0) is 0 Å². The lowest BCUT2D eigenvalue weighted by atomic mass is 9.85. The molecule has 1 atom stereocenters. The third-order valence-corrected chi connectivity index (χ3v) is 3.00. The van der Waals surface area contributed by atoms with E-state index in [1.54, 1.807) is 0 Å². The Balaban J connectivity index is 3.14. The van der Waals surface area contributed by atoms with E-state index in [9.17, 15) is 24.3 Å². The lowest BCUT2D eigenvalue weighted by molar-refractivity contribution is -0.219. The quantitative estimate of drug-likeness (QED) is 0.368. The molecule has 1 rings (SSSR count). The molecule has 1 aliphatic rings. The van der Waals surface area contributed by atoms with Crippen molar-refractivity contribution in [2.75, 3.05) is 21.3 Å². The van der Waals surface area contributed by atoms with Crippen molar-refractivity contribution in [3.63, 3.8) is 0 Å². The Morgan fingerprint density at radius 3 is 1.80 bits per heavy atom. The second-order valence-electron chi connectivity index (χ2n) is 4.05. The molecule has 1 N–H and O–H groups in total. The number of carbonyl (C=O) groups is 4. The molecule has 112 valence electrons. The maximum atomic E-state index is 11.8. The standard InChI is InChI=1S/C11H14O9/c1-17-6(12)10(16)4-5-11(8(14)18-2,9(15)19-3)20-7(10)13/h16H,4-5H2,1-3H3. The smallest absolute Gasteiger partial charge is 0.362 e. The predicted octanol–water partition coefficient (Wildman–Crippen LogP) is -1.69. The van der Waals surface area contributed by atoms with Crippen LogP contribution < -0.4 is 0 Å². The van der Waals surface area contributed by atoms with Gasteiger partial charge in [0.15, 0.2) is 0 Å². The summed E-state index contributed by atoms with van der Waals surface area (Å²) in [6.45, 7) is 0. The Kier molecular flexibility index (Phi) is 4.33. The zero-order valence-corrected chi connectivity index (χ0v) is 11.1. The van der Waals surface area contributed by atoms with Crippen LogP contribution in [0.2, 0.25) is 0 Å². The maximum absolute atomic E-state index is 11.8. The highest BCUT2D eigenvalue weighted by molar-refractivity contribution is 6.10. The summed E-state index contributed by atoms with van der Waals surface area (Å²) in [6, 6.07) is 0. The zero-order chi connectivity index (χ0) is 15.6. The summed E-state index contributed by atoms with van der Waals surface area (Å²) in [7, 11) is 2.94. The minimum absolute atomic E-state index is 0.482.